The van der Waals surface area contributed by atoms with Crippen LogP contribution in [0, 0.1) is 0 Å². The summed E-state index contributed by atoms with van der Waals surface area (Å²) >= 11 is 1.36. The van der Waals surface area contributed by atoms with Crippen molar-refractivity contribution in [3.8, 4) is 16.5 Å². The van der Waals surface area contributed by atoms with Crippen molar-refractivity contribution in [1.82, 2.24) is 29.5 Å². The Hall–Kier alpha value is -3.73. The summed E-state index contributed by atoms with van der Waals surface area (Å²) in [7, 11) is 3.43. The predicted molar refractivity (Wildman–Crippen MR) is 115 cm³/mol. The molecule has 0 spiro atoms. The van der Waals surface area contributed by atoms with Gasteiger partial charge in [0.25, 0.3) is 5.91 Å². The molecule has 0 bridgehead atoms. The van der Waals surface area contributed by atoms with E-state index in [2.05, 4.69) is 15.1 Å². The van der Waals surface area contributed by atoms with E-state index in [0.29, 0.717) is 26.9 Å². The van der Waals surface area contributed by atoms with Crippen molar-refractivity contribution in [2.75, 3.05) is 14.1 Å². The molecular weight excluding hydrogens is 418 g/mol. The average Bonchev–Trinajstić information content (AvgIpc) is 3.12. The number of imidazole rings is 1. The zero-order valence-corrected chi connectivity index (χ0v) is 17.6. The largest absolute Gasteiger partial charge is 0.493 e. The molecule has 31 heavy (non-hydrogen) atoms. The molecule has 1 aliphatic carbocycles. The molecule has 1 aliphatic rings. The summed E-state index contributed by atoms with van der Waals surface area (Å²) in [6, 6.07) is 5.80. The van der Waals surface area contributed by atoms with Crippen molar-refractivity contribution in [2.45, 2.75) is 18.9 Å². The molecule has 4 aromatic heterocycles. The maximum absolute atomic E-state index is 12.3. The van der Waals surface area contributed by atoms with Gasteiger partial charge in [0, 0.05) is 25.4 Å². The number of aromatic amines is 2. The number of nitrogens with zero attached hydrogens (tertiary/aromatic N) is 5. The molecule has 0 aromatic carbocycles. The van der Waals surface area contributed by atoms with Gasteiger partial charge in [0.05, 0.1) is 27.7 Å². The van der Waals surface area contributed by atoms with Crippen molar-refractivity contribution in [3.63, 3.8) is 0 Å². The number of hydrogen-bond donors (Lipinski definition) is 3. The third-order valence-electron chi connectivity index (χ3n) is 4.85. The van der Waals surface area contributed by atoms with Crippen LogP contribution in [0.1, 0.15) is 28.2 Å². The van der Waals surface area contributed by atoms with Crippen LogP contribution in [0.2, 0.25) is 0 Å². The highest BCUT2D eigenvalue weighted by atomic mass is 32.1. The first-order chi connectivity index (χ1) is 14.9. The lowest BCUT2D eigenvalue weighted by atomic mass is 10.3. The summed E-state index contributed by atoms with van der Waals surface area (Å²) < 4.78 is 1.65. The quantitative estimate of drug-likeness (QED) is 0.428. The lowest BCUT2D eigenvalue weighted by Crippen LogP contribution is -2.20. The summed E-state index contributed by atoms with van der Waals surface area (Å²) in [5.41, 5.74) is 1.62. The van der Waals surface area contributed by atoms with Gasteiger partial charge in [-0.3, -0.25) is 14.8 Å². The van der Waals surface area contributed by atoms with Crippen molar-refractivity contribution < 1.29 is 9.90 Å². The molecule has 11 heteroatoms. The van der Waals surface area contributed by atoms with Crippen LogP contribution in [-0.2, 0) is 0 Å². The third-order valence-corrected chi connectivity index (χ3v) is 5.95. The van der Waals surface area contributed by atoms with Crippen molar-refractivity contribution in [1.29, 1.82) is 0 Å². The molecule has 0 aliphatic heterocycles. The Morgan fingerprint density at radius 3 is 2.84 bits per heavy atom. The van der Waals surface area contributed by atoms with Crippen LogP contribution < -0.4 is 16.4 Å². The smallest absolute Gasteiger partial charge is 0.326 e. The van der Waals surface area contributed by atoms with Crippen LogP contribution in [0.15, 0.2) is 34.2 Å². The van der Waals surface area contributed by atoms with E-state index >= 15 is 0 Å². The van der Waals surface area contributed by atoms with Gasteiger partial charge in [0.2, 0.25) is 5.88 Å². The van der Waals surface area contributed by atoms with Crippen molar-refractivity contribution in [2.24, 2.45) is 4.99 Å². The highest BCUT2D eigenvalue weighted by molar-refractivity contribution is 7.17. The van der Waals surface area contributed by atoms with E-state index in [0.717, 1.165) is 17.7 Å². The number of carbonyl (C=O) groups excluding carboxylic acids is 1. The number of hydrogen-bond acceptors (Lipinski definition) is 7. The predicted octanol–water partition coefficient (Wildman–Crippen LogP) is 0.492. The molecule has 0 saturated heterocycles. The molecule has 0 atom stereocenters. The molecule has 4 aromatic rings. The van der Waals surface area contributed by atoms with Gasteiger partial charge in [0.15, 0.2) is 11.1 Å². The number of aromatic nitrogens is 5. The maximum atomic E-state index is 12.3. The fourth-order valence-electron chi connectivity index (χ4n) is 3.13. The Morgan fingerprint density at radius 1 is 1.35 bits per heavy atom. The number of aromatic hydroxyl groups is 1. The summed E-state index contributed by atoms with van der Waals surface area (Å²) in [4.78, 5) is 41.1. The summed E-state index contributed by atoms with van der Waals surface area (Å²) in [6.45, 7) is 0. The number of rotatable bonds is 4. The van der Waals surface area contributed by atoms with E-state index in [1.165, 1.54) is 16.2 Å². The fourth-order valence-corrected chi connectivity index (χ4v) is 4.12. The molecular formula is C20H19N7O3S. The Kier molecular flexibility index (Phi) is 4.47. The van der Waals surface area contributed by atoms with Crippen molar-refractivity contribution >= 4 is 29.0 Å². The SMILES string of the molecule is CN(C)C(=O)c1ccc(-c2cc(=NC3CC3)n3nc/c(=C/c4[nH]c(=O)[nH]c4O)c3n2)s1. The standard InChI is InChI=1S/C20H19N7O3S/c1-26(2)19(29)15-6-5-14(31-15)12-8-16(22-11-3-4-11)27-17(23-12)10(9-21-27)7-13-18(28)25-20(30)24-13/h5-9,11,28H,3-4H2,1-2H3,(H2,24,25,30)/b10-7-,22-16?. The molecule has 158 valence electrons. The molecule has 3 N–H and O–H groups in total. The zero-order valence-electron chi connectivity index (χ0n) is 16.8. The van der Waals surface area contributed by atoms with Crippen LogP contribution in [0.3, 0.4) is 0 Å². The van der Waals surface area contributed by atoms with Gasteiger partial charge in [-0.2, -0.15) is 9.61 Å². The molecule has 5 rings (SSSR count). The number of H-pyrrole nitrogens is 2. The van der Waals surface area contributed by atoms with E-state index in [1.54, 1.807) is 36.9 Å². The van der Waals surface area contributed by atoms with Crippen LogP contribution >= 0.6 is 11.3 Å². The molecule has 1 saturated carbocycles. The molecule has 1 fully saturated rings. The number of carbonyl (C=O) groups is 1. The normalized spacial score (nSPS) is 15.2. The van der Waals surface area contributed by atoms with Gasteiger partial charge in [-0.25, -0.2) is 9.78 Å². The number of nitrogens with one attached hydrogen (secondary N) is 2. The highest BCUT2D eigenvalue weighted by Gasteiger charge is 2.21. The molecule has 4 heterocycles. The van der Waals surface area contributed by atoms with Crippen LogP contribution in [0.4, 0.5) is 0 Å². The molecule has 1 amide bonds. The first kappa shape index (κ1) is 19.2. The first-order valence-electron chi connectivity index (χ1n) is 9.66. The molecule has 10 nitrogen and oxygen atoms in total. The summed E-state index contributed by atoms with van der Waals surface area (Å²) in [6.07, 6.45) is 5.29. The van der Waals surface area contributed by atoms with E-state index in [9.17, 15) is 14.7 Å². The number of fused-ring (bicyclic) bond motifs is 1. The Balaban J connectivity index is 1.71. The Bertz CT molecular complexity index is 1490. The lowest BCUT2D eigenvalue weighted by Gasteiger charge is -2.07. The van der Waals surface area contributed by atoms with Gasteiger partial charge >= 0.3 is 5.69 Å². The van der Waals surface area contributed by atoms with Crippen LogP contribution in [0.25, 0.3) is 22.3 Å². The lowest BCUT2D eigenvalue weighted by molar-refractivity contribution is 0.0832. The minimum absolute atomic E-state index is 0.0644. The van der Waals surface area contributed by atoms with Crippen LogP contribution in [-0.4, -0.2) is 60.6 Å². The monoisotopic (exact) mass is 437 g/mol. The second-order valence-electron chi connectivity index (χ2n) is 7.54. The van der Waals surface area contributed by atoms with E-state index in [4.69, 9.17) is 9.98 Å². The summed E-state index contributed by atoms with van der Waals surface area (Å²) in [5.74, 6) is -0.320. The Labute approximate surface area is 179 Å². The van der Waals surface area contributed by atoms with Gasteiger partial charge < -0.3 is 15.0 Å². The van der Waals surface area contributed by atoms with E-state index in [1.807, 2.05) is 12.1 Å². The minimum atomic E-state index is -0.505. The number of thiophene rings is 1. The van der Waals surface area contributed by atoms with Gasteiger partial charge in [-0.15, -0.1) is 11.3 Å². The second kappa shape index (κ2) is 7.20. The topological polar surface area (TPSA) is 132 Å². The van der Waals surface area contributed by atoms with Gasteiger partial charge in [-0.05, 0) is 31.1 Å². The molecule has 0 unspecified atom stereocenters. The van der Waals surface area contributed by atoms with Gasteiger partial charge in [-0.1, -0.05) is 0 Å². The minimum Gasteiger partial charge on any atom is -0.493 e. The maximum Gasteiger partial charge on any atom is 0.326 e. The highest BCUT2D eigenvalue weighted by Crippen LogP contribution is 2.27. The second-order valence-corrected chi connectivity index (χ2v) is 8.63. The van der Waals surface area contributed by atoms with Gasteiger partial charge in [0.1, 0.15) is 5.69 Å². The van der Waals surface area contributed by atoms with E-state index < -0.39 is 5.69 Å². The summed E-state index contributed by atoms with van der Waals surface area (Å²) in [5, 5.41) is 14.9. The average molecular weight is 437 g/mol. The van der Waals surface area contributed by atoms with Crippen molar-refractivity contribution in [3.05, 3.63) is 56.2 Å². The molecule has 0 radical (unpaired) electrons. The number of amides is 1. The van der Waals surface area contributed by atoms with E-state index in [-0.39, 0.29) is 23.5 Å². The third kappa shape index (κ3) is 3.63. The zero-order chi connectivity index (χ0) is 21.7. The first-order valence-corrected chi connectivity index (χ1v) is 10.5. The fraction of sp³-hybridized carbons (Fsp3) is 0.250. The Morgan fingerprint density at radius 2 is 2.16 bits per heavy atom. The van der Waals surface area contributed by atoms with Crippen LogP contribution in [0.5, 0.6) is 5.88 Å².